The molecule has 150 valence electrons. The van der Waals surface area contributed by atoms with Crippen molar-refractivity contribution in [1.82, 2.24) is 0 Å². The minimum Gasteiger partial charge on any atom is -0.273 e. The summed E-state index contributed by atoms with van der Waals surface area (Å²) < 4.78 is 0.604. The summed E-state index contributed by atoms with van der Waals surface area (Å²) in [4.78, 5) is 12.2. The fraction of sp³-hybridized carbons (Fsp3) is 0.0870. The molecule has 0 aromatic heterocycles. The molecule has 0 fully saturated rings. The van der Waals surface area contributed by atoms with Gasteiger partial charge in [-0.25, -0.2) is 5.01 Å². The van der Waals surface area contributed by atoms with Crippen LogP contribution in [0.2, 0.25) is 10.0 Å². The zero-order valence-corrected chi connectivity index (χ0v) is 19.0. The van der Waals surface area contributed by atoms with Crippen LogP contribution >= 0.6 is 39.1 Å². The lowest BCUT2D eigenvalue weighted by Crippen LogP contribution is -2.22. The van der Waals surface area contributed by atoms with E-state index in [1.807, 2.05) is 30.3 Å². The summed E-state index contributed by atoms with van der Waals surface area (Å²) in [5.41, 5.74) is 2.73. The van der Waals surface area contributed by atoms with Crippen molar-refractivity contribution in [3.8, 4) is 6.07 Å². The number of hydrazone groups is 1. The SMILES string of the molecule is CC(=O)N(N=Cc1ccccc1)c1cc(Cl)c(C(C#N)c2ccc(Cl)cc2)c(Br)c1. The molecule has 0 aliphatic carbocycles. The molecule has 0 saturated carbocycles. The zero-order valence-electron chi connectivity index (χ0n) is 15.9. The van der Waals surface area contributed by atoms with Crippen molar-refractivity contribution >= 4 is 56.9 Å². The minimum absolute atomic E-state index is 0.271. The maximum atomic E-state index is 12.2. The number of hydrogen-bond acceptors (Lipinski definition) is 3. The maximum absolute atomic E-state index is 12.2. The molecule has 3 rings (SSSR count). The topological polar surface area (TPSA) is 56.5 Å². The van der Waals surface area contributed by atoms with Crippen molar-refractivity contribution in [2.45, 2.75) is 12.8 Å². The van der Waals surface area contributed by atoms with Gasteiger partial charge in [-0.3, -0.25) is 4.79 Å². The van der Waals surface area contributed by atoms with Crippen molar-refractivity contribution in [2.75, 3.05) is 5.01 Å². The number of nitrogens with zero attached hydrogens (tertiary/aromatic N) is 3. The van der Waals surface area contributed by atoms with Gasteiger partial charge in [0, 0.05) is 27.0 Å². The zero-order chi connectivity index (χ0) is 21.7. The van der Waals surface area contributed by atoms with Crippen LogP contribution in [0.5, 0.6) is 0 Å². The van der Waals surface area contributed by atoms with E-state index in [2.05, 4.69) is 27.1 Å². The van der Waals surface area contributed by atoms with Crippen molar-refractivity contribution in [3.05, 3.63) is 97.9 Å². The molecule has 0 spiro atoms. The van der Waals surface area contributed by atoms with Crippen LogP contribution in [-0.2, 0) is 4.79 Å². The third kappa shape index (κ3) is 5.09. The number of anilines is 1. The Hall–Kier alpha value is -2.65. The fourth-order valence-electron chi connectivity index (χ4n) is 2.92. The third-order valence-corrected chi connectivity index (χ3v) is 5.57. The van der Waals surface area contributed by atoms with Gasteiger partial charge in [-0.2, -0.15) is 10.4 Å². The van der Waals surface area contributed by atoms with Crippen molar-refractivity contribution in [2.24, 2.45) is 5.10 Å². The summed E-state index contributed by atoms with van der Waals surface area (Å²) in [6, 6.07) is 22.1. The van der Waals surface area contributed by atoms with Gasteiger partial charge < -0.3 is 0 Å². The Bertz CT molecular complexity index is 1100. The molecule has 3 aromatic rings. The summed E-state index contributed by atoms with van der Waals surface area (Å²) in [5, 5.41) is 16.3. The number of nitriles is 1. The van der Waals surface area contributed by atoms with Gasteiger partial charge in [-0.1, -0.05) is 81.6 Å². The van der Waals surface area contributed by atoms with E-state index in [0.29, 0.717) is 25.8 Å². The summed E-state index contributed by atoms with van der Waals surface area (Å²) >= 11 is 16.0. The highest BCUT2D eigenvalue weighted by Gasteiger charge is 2.22. The van der Waals surface area contributed by atoms with E-state index < -0.39 is 5.92 Å². The molecule has 0 radical (unpaired) electrons. The fourth-order valence-corrected chi connectivity index (χ4v) is 4.16. The number of hydrogen-bond donors (Lipinski definition) is 0. The molecular formula is C23H16BrCl2N3O. The average Bonchev–Trinajstić information content (AvgIpc) is 2.72. The summed E-state index contributed by atoms with van der Waals surface area (Å²) in [7, 11) is 0. The number of halogens is 3. The molecular weight excluding hydrogens is 485 g/mol. The predicted octanol–water partition coefficient (Wildman–Crippen LogP) is 6.80. The lowest BCUT2D eigenvalue weighted by atomic mass is 9.92. The van der Waals surface area contributed by atoms with E-state index >= 15 is 0 Å². The first-order chi connectivity index (χ1) is 14.4. The molecule has 1 unspecified atom stereocenters. The highest BCUT2D eigenvalue weighted by atomic mass is 79.9. The van der Waals surface area contributed by atoms with E-state index in [9.17, 15) is 10.1 Å². The summed E-state index contributed by atoms with van der Waals surface area (Å²) in [6.45, 7) is 1.42. The second kappa shape index (κ2) is 9.90. The Labute approximate surface area is 193 Å². The largest absolute Gasteiger partial charge is 0.273 e. The van der Waals surface area contributed by atoms with E-state index in [0.717, 1.165) is 11.1 Å². The highest BCUT2D eigenvalue weighted by molar-refractivity contribution is 9.10. The van der Waals surface area contributed by atoms with Gasteiger partial charge >= 0.3 is 0 Å². The monoisotopic (exact) mass is 499 g/mol. The Morgan fingerprint density at radius 2 is 1.80 bits per heavy atom. The van der Waals surface area contributed by atoms with Gasteiger partial charge in [-0.05, 0) is 35.4 Å². The van der Waals surface area contributed by atoms with Gasteiger partial charge in [0.2, 0.25) is 5.91 Å². The quantitative estimate of drug-likeness (QED) is 0.285. The Morgan fingerprint density at radius 3 is 2.37 bits per heavy atom. The van der Waals surface area contributed by atoms with Gasteiger partial charge in [-0.15, -0.1) is 0 Å². The molecule has 3 aromatic carbocycles. The first-order valence-electron chi connectivity index (χ1n) is 8.94. The van der Waals surface area contributed by atoms with Gasteiger partial charge in [0.25, 0.3) is 0 Å². The normalized spacial score (nSPS) is 11.8. The molecule has 0 aliphatic rings. The van der Waals surface area contributed by atoms with Gasteiger partial charge in [0.1, 0.15) is 0 Å². The van der Waals surface area contributed by atoms with Crippen molar-refractivity contribution in [1.29, 1.82) is 5.26 Å². The summed E-state index contributed by atoms with van der Waals surface area (Å²) in [5.74, 6) is -0.871. The second-order valence-electron chi connectivity index (χ2n) is 6.42. The molecule has 0 aliphatic heterocycles. The molecule has 30 heavy (non-hydrogen) atoms. The van der Waals surface area contributed by atoms with Gasteiger partial charge in [0.05, 0.1) is 23.9 Å². The molecule has 7 heteroatoms. The molecule has 4 nitrogen and oxygen atoms in total. The molecule has 0 bridgehead atoms. The lowest BCUT2D eigenvalue weighted by molar-refractivity contribution is -0.116. The van der Waals surface area contributed by atoms with Gasteiger partial charge in [0.15, 0.2) is 0 Å². The Kier molecular flexibility index (Phi) is 7.28. The first kappa shape index (κ1) is 22.0. The van der Waals surface area contributed by atoms with Crippen LogP contribution in [0, 0.1) is 11.3 Å². The first-order valence-corrected chi connectivity index (χ1v) is 10.5. The van der Waals surface area contributed by atoms with E-state index in [-0.39, 0.29) is 5.91 Å². The molecule has 1 amide bonds. The van der Waals surface area contributed by atoms with Crippen molar-refractivity contribution < 1.29 is 4.79 Å². The number of carbonyl (C=O) groups excluding carboxylic acids is 1. The van der Waals surface area contributed by atoms with E-state index in [4.69, 9.17) is 23.2 Å². The molecule has 0 saturated heterocycles. The van der Waals surface area contributed by atoms with Crippen LogP contribution in [0.15, 0.2) is 76.3 Å². The van der Waals surface area contributed by atoms with Crippen LogP contribution in [0.3, 0.4) is 0 Å². The van der Waals surface area contributed by atoms with Crippen LogP contribution < -0.4 is 5.01 Å². The number of amides is 1. The number of benzene rings is 3. The van der Waals surface area contributed by atoms with E-state index in [1.165, 1.54) is 11.9 Å². The second-order valence-corrected chi connectivity index (χ2v) is 8.12. The average molecular weight is 501 g/mol. The maximum Gasteiger partial charge on any atom is 0.244 e. The lowest BCUT2D eigenvalue weighted by Gasteiger charge is -2.19. The molecule has 0 heterocycles. The Morgan fingerprint density at radius 1 is 1.13 bits per heavy atom. The molecule has 0 N–H and O–H groups in total. The minimum atomic E-state index is -0.600. The smallest absolute Gasteiger partial charge is 0.244 e. The van der Waals surface area contributed by atoms with Crippen LogP contribution in [0.1, 0.15) is 29.5 Å². The number of rotatable bonds is 5. The predicted molar refractivity (Wildman–Crippen MR) is 125 cm³/mol. The van der Waals surface area contributed by atoms with Crippen LogP contribution in [-0.4, -0.2) is 12.1 Å². The standard InChI is InChI=1S/C23H16BrCl2N3O/c1-15(30)29(28-14-16-5-3-2-4-6-16)19-11-21(24)23(22(26)12-19)20(13-27)17-7-9-18(25)10-8-17/h2-12,14,20H,1H3. The van der Waals surface area contributed by atoms with E-state index in [1.54, 1.807) is 42.6 Å². The van der Waals surface area contributed by atoms with Crippen LogP contribution in [0.4, 0.5) is 5.69 Å². The summed E-state index contributed by atoms with van der Waals surface area (Å²) in [6.07, 6.45) is 1.60. The highest BCUT2D eigenvalue weighted by Crippen LogP contribution is 2.39. The Balaban J connectivity index is 1.99. The molecule has 1 atom stereocenters. The number of carbonyl (C=O) groups is 1. The van der Waals surface area contributed by atoms with Crippen molar-refractivity contribution in [3.63, 3.8) is 0 Å². The van der Waals surface area contributed by atoms with Crippen LogP contribution in [0.25, 0.3) is 0 Å². The third-order valence-electron chi connectivity index (χ3n) is 4.35.